The lowest BCUT2D eigenvalue weighted by atomic mass is 9.53. The van der Waals surface area contributed by atoms with Crippen LogP contribution in [0.5, 0.6) is 0 Å². The Labute approximate surface area is 224 Å². The van der Waals surface area contributed by atoms with Crippen LogP contribution in [0.4, 0.5) is 0 Å². The first-order chi connectivity index (χ1) is 18.4. The van der Waals surface area contributed by atoms with Gasteiger partial charge in [0.25, 0.3) is 5.91 Å². The highest BCUT2D eigenvalue weighted by Crippen LogP contribution is 2.55. The summed E-state index contributed by atoms with van der Waals surface area (Å²) in [6.45, 7) is 1.39. The molecular formula is C32H37N3O3. The van der Waals surface area contributed by atoms with Crippen LogP contribution in [0, 0.1) is 17.8 Å². The summed E-state index contributed by atoms with van der Waals surface area (Å²) in [6.07, 6.45) is 11.0. The van der Waals surface area contributed by atoms with E-state index in [2.05, 4.69) is 41.0 Å². The summed E-state index contributed by atoms with van der Waals surface area (Å²) < 4.78 is 0. The number of nitrogens with one attached hydrogen (secondary N) is 2. The molecule has 5 fully saturated rings. The second-order valence-corrected chi connectivity index (χ2v) is 12.7. The number of fused-ring (bicyclic) bond motifs is 1. The van der Waals surface area contributed by atoms with Gasteiger partial charge < -0.3 is 10.2 Å². The predicted octanol–water partition coefficient (Wildman–Crippen LogP) is 4.29. The van der Waals surface area contributed by atoms with Crippen molar-refractivity contribution in [2.45, 2.75) is 88.9 Å². The summed E-state index contributed by atoms with van der Waals surface area (Å²) >= 11 is 0. The van der Waals surface area contributed by atoms with E-state index in [0.717, 1.165) is 42.7 Å². The Balaban J connectivity index is 0.973. The molecule has 6 nitrogen and oxygen atoms in total. The molecule has 1 saturated heterocycles. The molecule has 6 heteroatoms. The average molecular weight is 512 g/mol. The first-order valence-corrected chi connectivity index (χ1v) is 14.5. The van der Waals surface area contributed by atoms with Crippen LogP contribution in [-0.4, -0.2) is 34.2 Å². The molecule has 2 heterocycles. The summed E-state index contributed by atoms with van der Waals surface area (Å²) in [7, 11) is 0. The van der Waals surface area contributed by atoms with Crippen LogP contribution in [0.3, 0.4) is 0 Å². The van der Waals surface area contributed by atoms with Crippen molar-refractivity contribution >= 4 is 17.7 Å². The maximum Gasteiger partial charge on any atom is 0.255 e. The number of carbonyl (C=O) groups excluding carboxylic acids is 3. The number of imide groups is 1. The summed E-state index contributed by atoms with van der Waals surface area (Å²) in [5.41, 5.74) is 5.93. The largest absolute Gasteiger partial charge is 0.322 e. The lowest BCUT2D eigenvalue weighted by molar-refractivity contribution is -0.136. The van der Waals surface area contributed by atoms with E-state index in [4.69, 9.17) is 0 Å². The van der Waals surface area contributed by atoms with Gasteiger partial charge in [-0.05, 0) is 104 Å². The molecule has 1 atom stereocenters. The Kier molecular flexibility index (Phi) is 5.91. The van der Waals surface area contributed by atoms with Crippen LogP contribution < -0.4 is 10.6 Å². The summed E-state index contributed by atoms with van der Waals surface area (Å²) in [5, 5.41) is 6.39. The monoisotopic (exact) mass is 511 g/mol. The molecule has 8 rings (SSSR count). The van der Waals surface area contributed by atoms with Gasteiger partial charge in [0.2, 0.25) is 11.8 Å². The minimum atomic E-state index is -0.569. The van der Waals surface area contributed by atoms with Gasteiger partial charge in [-0.15, -0.1) is 0 Å². The smallest absolute Gasteiger partial charge is 0.255 e. The highest BCUT2D eigenvalue weighted by Gasteiger charge is 2.50. The number of rotatable bonds is 7. The van der Waals surface area contributed by atoms with Gasteiger partial charge in [0.05, 0.1) is 0 Å². The Morgan fingerprint density at radius 3 is 2.24 bits per heavy atom. The maximum atomic E-state index is 13.1. The molecule has 3 amide bonds. The van der Waals surface area contributed by atoms with Crippen molar-refractivity contribution in [3.8, 4) is 0 Å². The zero-order chi connectivity index (χ0) is 25.9. The summed E-state index contributed by atoms with van der Waals surface area (Å²) in [5.74, 6) is 2.16. The summed E-state index contributed by atoms with van der Waals surface area (Å²) in [4.78, 5) is 38.7. The fourth-order valence-electron chi connectivity index (χ4n) is 8.60. The van der Waals surface area contributed by atoms with Gasteiger partial charge in [0.1, 0.15) is 6.04 Å². The third kappa shape index (κ3) is 4.37. The van der Waals surface area contributed by atoms with E-state index in [0.29, 0.717) is 24.1 Å². The van der Waals surface area contributed by atoms with Crippen molar-refractivity contribution in [1.82, 2.24) is 15.5 Å². The molecule has 4 saturated carbocycles. The van der Waals surface area contributed by atoms with Gasteiger partial charge in [-0.25, -0.2) is 0 Å². The maximum absolute atomic E-state index is 13.1. The Morgan fingerprint density at radius 2 is 1.55 bits per heavy atom. The molecular weight excluding hydrogens is 474 g/mol. The third-order valence-corrected chi connectivity index (χ3v) is 10.1. The van der Waals surface area contributed by atoms with E-state index >= 15 is 0 Å². The number of aryl methyl sites for hydroxylation is 2. The van der Waals surface area contributed by atoms with E-state index in [9.17, 15) is 14.4 Å². The van der Waals surface area contributed by atoms with Gasteiger partial charge >= 0.3 is 0 Å². The van der Waals surface area contributed by atoms with Gasteiger partial charge in [0.15, 0.2) is 0 Å². The lowest BCUT2D eigenvalue weighted by Gasteiger charge is -2.57. The fourth-order valence-corrected chi connectivity index (χ4v) is 8.60. The SMILES string of the molecule is O=C1CCC(N2Cc3c(CCc4ccc(CNC56CC7CC(CC(C7)C5)C6)cc4)cccc3C2=O)C(=O)N1. The van der Waals surface area contributed by atoms with E-state index < -0.39 is 6.04 Å². The first kappa shape index (κ1) is 24.1. The zero-order valence-electron chi connectivity index (χ0n) is 22.0. The Morgan fingerprint density at radius 1 is 0.868 bits per heavy atom. The van der Waals surface area contributed by atoms with Crippen LogP contribution in [0.15, 0.2) is 42.5 Å². The first-order valence-electron chi connectivity index (χ1n) is 14.5. The molecule has 4 aliphatic carbocycles. The topological polar surface area (TPSA) is 78.5 Å². The Bertz CT molecular complexity index is 1250. The molecule has 2 aliphatic heterocycles. The minimum absolute atomic E-state index is 0.104. The normalized spacial score (nSPS) is 31.6. The van der Waals surface area contributed by atoms with Crippen molar-refractivity contribution in [2.24, 2.45) is 17.8 Å². The molecule has 0 radical (unpaired) electrons. The average Bonchev–Trinajstić information content (AvgIpc) is 3.23. The van der Waals surface area contributed by atoms with E-state index in [1.807, 2.05) is 12.1 Å². The van der Waals surface area contributed by atoms with Gasteiger partial charge in [-0.2, -0.15) is 0 Å². The number of carbonyl (C=O) groups is 3. The van der Waals surface area contributed by atoms with Crippen molar-refractivity contribution in [3.63, 3.8) is 0 Å². The van der Waals surface area contributed by atoms with Crippen molar-refractivity contribution in [3.05, 3.63) is 70.3 Å². The zero-order valence-corrected chi connectivity index (χ0v) is 22.0. The van der Waals surface area contributed by atoms with Crippen LogP contribution >= 0.6 is 0 Å². The number of hydrogen-bond acceptors (Lipinski definition) is 4. The molecule has 38 heavy (non-hydrogen) atoms. The lowest BCUT2D eigenvalue weighted by Crippen LogP contribution is -2.58. The molecule has 0 aromatic heterocycles. The molecule has 0 spiro atoms. The van der Waals surface area contributed by atoms with Crippen LogP contribution in [0.2, 0.25) is 0 Å². The molecule has 2 N–H and O–H groups in total. The second kappa shape index (κ2) is 9.33. The molecule has 1 unspecified atom stereocenters. The van der Waals surface area contributed by atoms with Crippen LogP contribution in [0.25, 0.3) is 0 Å². The van der Waals surface area contributed by atoms with Crippen molar-refractivity contribution in [2.75, 3.05) is 0 Å². The highest BCUT2D eigenvalue weighted by atomic mass is 16.2. The number of benzene rings is 2. The van der Waals surface area contributed by atoms with Crippen molar-refractivity contribution < 1.29 is 14.4 Å². The fraction of sp³-hybridized carbons (Fsp3) is 0.531. The molecule has 2 aromatic rings. The van der Waals surface area contributed by atoms with Gasteiger partial charge in [0, 0.05) is 30.6 Å². The van der Waals surface area contributed by atoms with Crippen LogP contribution in [0.1, 0.15) is 84.0 Å². The van der Waals surface area contributed by atoms with Crippen molar-refractivity contribution in [1.29, 1.82) is 0 Å². The standard InChI is InChI=1S/C32H37N3O3/c36-29-11-10-28(30(37)34-29)35-19-27-25(2-1-3-26(27)31(35)38)9-8-20-4-6-21(7-5-20)18-33-32-15-22-12-23(16-32)14-24(13-22)17-32/h1-7,22-24,28,33H,8-19H2,(H,34,36,37). The number of piperidine rings is 1. The number of hydrogen-bond donors (Lipinski definition) is 2. The van der Waals surface area contributed by atoms with E-state index in [1.165, 1.54) is 55.2 Å². The second-order valence-electron chi connectivity index (χ2n) is 12.7. The molecule has 198 valence electrons. The van der Waals surface area contributed by atoms with Gasteiger partial charge in [-0.1, -0.05) is 36.4 Å². The quantitative estimate of drug-likeness (QED) is 0.544. The van der Waals surface area contributed by atoms with Gasteiger partial charge in [-0.3, -0.25) is 19.7 Å². The van der Waals surface area contributed by atoms with E-state index in [1.54, 1.807) is 4.90 Å². The Hall–Kier alpha value is -2.99. The van der Waals surface area contributed by atoms with Crippen LogP contribution in [-0.2, 0) is 35.5 Å². The molecule has 2 aromatic carbocycles. The molecule has 6 aliphatic rings. The highest BCUT2D eigenvalue weighted by molar-refractivity contribution is 6.05. The minimum Gasteiger partial charge on any atom is -0.322 e. The molecule has 4 bridgehead atoms. The number of nitrogens with zero attached hydrogens (tertiary/aromatic N) is 1. The number of amides is 3. The third-order valence-electron chi connectivity index (χ3n) is 10.1. The van der Waals surface area contributed by atoms with E-state index in [-0.39, 0.29) is 24.1 Å². The summed E-state index contributed by atoms with van der Waals surface area (Å²) in [6, 6.07) is 14.4. The predicted molar refractivity (Wildman–Crippen MR) is 144 cm³/mol.